The van der Waals surface area contributed by atoms with Crippen molar-refractivity contribution >= 4 is 132 Å². The Bertz CT molecular complexity index is 1720. The molecule has 0 spiro atoms. The summed E-state index contributed by atoms with van der Waals surface area (Å²) >= 11 is 0. The fraction of sp³-hybridized carbons (Fsp3) is 0.825. The Labute approximate surface area is 578 Å². The molecule has 0 aromatic heterocycles. The number of primary amides is 4. The third kappa shape index (κ3) is 78.6. The van der Waals surface area contributed by atoms with Gasteiger partial charge in [-0.05, 0) is 129 Å². The molecule has 1 aliphatic heterocycles. The first-order chi connectivity index (χ1) is 39.5. The molecule has 90 heavy (non-hydrogen) atoms. The van der Waals surface area contributed by atoms with Crippen molar-refractivity contribution in [2.75, 3.05) is 19.6 Å². The lowest BCUT2D eigenvalue weighted by Gasteiger charge is -2.21. The third-order valence-corrected chi connectivity index (χ3v) is 13.2. The maximum Gasteiger partial charge on any atom is 0.306 e. The van der Waals surface area contributed by atoms with Crippen LogP contribution < -0.4 is 50.4 Å². The molecule has 0 aromatic rings. The number of amides is 6. The van der Waals surface area contributed by atoms with Crippen molar-refractivity contribution < 1.29 is 63.0 Å². The van der Waals surface area contributed by atoms with Crippen molar-refractivity contribution in [3.05, 3.63) is 0 Å². The highest BCUT2D eigenvalue weighted by Crippen LogP contribution is 2.19. The molecule has 0 unspecified atom stereocenters. The van der Waals surface area contributed by atoms with Gasteiger partial charge in [0.1, 0.15) is 29.4 Å². The molecule has 1 heterocycles. The summed E-state index contributed by atoms with van der Waals surface area (Å²) in [5.41, 5.74) is 31.2. The van der Waals surface area contributed by atoms with E-state index in [0.717, 1.165) is 64.2 Å². The number of aliphatic carboxylic acids is 2. The van der Waals surface area contributed by atoms with E-state index in [0.29, 0.717) is 69.2 Å². The quantitative estimate of drug-likeness (QED) is 0.0278. The Hall–Kier alpha value is -3.60. The number of hydrogen-bond acceptors (Lipinski definition) is 14. The molecule has 1 fully saturated rings. The van der Waals surface area contributed by atoms with Crippen LogP contribution in [-0.2, 0) is 52.7 Å². The van der Waals surface area contributed by atoms with Crippen LogP contribution in [0.1, 0.15) is 252 Å². The highest BCUT2D eigenvalue weighted by Gasteiger charge is 2.27. The van der Waals surface area contributed by atoms with E-state index in [1.165, 1.54) is 53.1 Å². The average molecular weight is 1390 g/mol. The van der Waals surface area contributed by atoms with E-state index in [4.69, 9.17) is 44.6 Å². The maximum absolute atomic E-state index is 12.2. The molecule has 17 N–H and O–H groups in total. The summed E-state index contributed by atoms with van der Waals surface area (Å²) in [5.74, 6) is -4.30. The van der Waals surface area contributed by atoms with E-state index in [9.17, 15) is 52.7 Å². The first kappa shape index (κ1) is 111. The van der Waals surface area contributed by atoms with Gasteiger partial charge < -0.3 is 74.9 Å². The number of hydrogen-bond donors (Lipinski definition) is 11. The Morgan fingerprint density at radius 1 is 0.422 bits per heavy atom. The standard InChI is InChI=1S/C15H28N2O3.C14H27N3O3.C9H16O3.C7H15NO.C7H14O2.C6H14N2O.C5H11N.5H2S/c1-5-6-7-13(14(16)19)17-15(20)12(8-10(2)3)9-11(4)18;1-9(2)7-11(8-10(3)18)14(20)17-12(13(16)19)5-4-6-15;1-6(2)4-8(9(11)12)5-7(3)10;2*1-3-4-5-6(2)7(8)9;1-2-3-4-5(7)6(8)9;1-2-4-6-5-3-1;;;;;/h10,12-13H,5-9H2,1-4H3,(H2,16,19)(H,17,20);9,11-12H,4-8,15H2,1-3H3,(H2,16,19)(H,17,20);6,8H,4-5H2,1-3H3,(H,11,12);6H,3-5H2,1-2H3,(H2,8,9);6H,3-5H2,1-2H3,(H,8,9);5H,2-4,7H2,1H3,(H2,8,9);6H,1-5H2;5*1H2/t12-,13+;11-,12+;8-;2*6-;5-;;;;;;/m111000....../s1. The highest BCUT2D eigenvalue weighted by molar-refractivity contribution is 7.60. The molecule has 540 valence electrons. The van der Waals surface area contributed by atoms with Gasteiger partial charge in [-0.3, -0.25) is 38.4 Å². The molecule has 0 radical (unpaired) electrons. The van der Waals surface area contributed by atoms with Crippen LogP contribution in [0.3, 0.4) is 0 Å². The molecule has 1 rings (SSSR count). The third-order valence-electron chi connectivity index (χ3n) is 13.2. The van der Waals surface area contributed by atoms with Crippen molar-refractivity contribution in [3.8, 4) is 0 Å². The number of piperidine rings is 1. The number of carbonyl (C=O) groups excluding carboxylic acids is 9. The molecule has 8 atom stereocenters. The number of rotatable bonds is 37. The van der Waals surface area contributed by atoms with Gasteiger partial charge in [-0.25, -0.2) is 0 Å². The largest absolute Gasteiger partial charge is 0.481 e. The number of ketones is 3. The van der Waals surface area contributed by atoms with Gasteiger partial charge in [-0.2, -0.15) is 67.5 Å². The zero-order valence-electron chi connectivity index (χ0n) is 58.1. The summed E-state index contributed by atoms with van der Waals surface area (Å²) in [6.07, 6.45) is 18.8. The number of nitrogens with two attached hydrogens (primary N) is 6. The molecule has 1 saturated heterocycles. The smallest absolute Gasteiger partial charge is 0.306 e. The van der Waals surface area contributed by atoms with Crippen LogP contribution >= 0.6 is 67.5 Å². The lowest BCUT2D eigenvalue weighted by Crippen LogP contribution is -2.47. The Balaban J connectivity index is -0.0000000923. The van der Waals surface area contributed by atoms with Gasteiger partial charge in [0.05, 0.1) is 17.9 Å². The number of nitrogens with one attached hydrogen (secondary N) is 3. The Morgan fingerprint density at radius 3 is 0.978 bits per heavy atom. The molecule has 6 amide bonds. The minimum atomic E-state index is -0.862. The first-order valence-corrected chi connectivity index (χ1v) is 31.4. The number of Topliss-reactive ketones (excluding diaryl/α,β-unsaturated/α-hetero) is 3. The van der Waals surface area contributed by atoms with Crippen LogP contribution in [0.15, 0.2) is 0 Å². The van der Waals surface area contributed by atoms with E-state index in [1.54, 1.807) is 6.92 Å². The first-order valence-electron chi connectivity index (χ1n) is 31.4. The average Bonchev–Trinajstić information content (AvgIpc) is 3.46. The molecule has 0 saturated carbocycles. The SMILES string of the molecule is C1CCNCC1.CC(=O)C[C@@H](CC(C)C)C(=O)N[C@@H](CCCN)C(N)=O.CC(=O)C[C@@H](CC(C)C)C(=O)O.CCCC[C@H](C)C(=O)O.CCCC[C@H](C)C(N)=O.CCCC[C@H](N)C(N)=O.CCCC[C@H](NC(=O)[C@@H](CC(C)=O)CC(C)C)C(N)=O.S.S.S.S.S. The monoisotopic (exact) mass is 1390 g/mol. The minimum Gasteiger partial charge on any atom is -0.481 e. The Morgan fingerprint density at radius 2 is 0.733 bits per heavy atom. The second-order valence-corrected chi connectivity index (χ2v) is 23.8. The summed E-state index contributed by atoms with van der Waals surface area (Å²) in [4.78, 5) is 122. The molecule has 0 aliphatic carbocycles. The number of carboxylic acids is 2. The number of carboxylic acid groups (broad SMARTS) is 2. The topological polar surface area (TPSA) is 420 Å². The van der Waals surface area contributed by atoms with E-state index in [1.807, 2.05) is 62.3 Å². The van der Waals surface area contributed by atoms with Crippen LogP contribution in [0.5, 0.6) is 0 Å². The highest BCUT2D eigenvalue weighted by atomic mass is 32.1. The molecule has 0 aromatic carbocycles. The number of unbranched alkanes of at least 4 members (excludes halogenated alkanes) is 4. The van der Waals surface area contributed by atoms with Crippen LogP contribution in [0.25, 0.3) is 0 Å². The predicted octanol–water partition coefficient (Wildman–Crippen LogP) is 8.35. The molecule has 22 nitrogen and oxygen atoms in total. The molecular formula is C63H135N9O13S5. The second kappa shape index (κ2) is 72.8. The van der Waals surface area contributed by atoms with Crippen molar-refractivity contribution in [1.82, 2.24) is 16.0 Å². The summed E-state index contributed by atoms with van der Waals surface area (Å²) < 4.78 is 0. The summed E-state index contributed by atoms with van der Waals surface area (Å²) in [6, 6.07) is -1.79. The summed E-state index contributed by atoms with van der Waals surface area (Å²) in [5, 5.41) is 25.7. The van der Waals surface area contributed by atoms with Gasteiger partial charge in [0.2, 0.25) is 35.4 Å². The number of carbonyl (C=O) groups is 11. The van der Waals surface area contributed by atoms with E-state index in [-0.39, 0.29) is 140 Å². The second-order valence-electron chi connectivity index (χ2n) is 23.8. The fourth-order valence-corrected chi connectivity index (χ4v) is 8.12. The minimum absolute atomic E-state index is 0. The van der Waals surface area contributed by atoms with Crippen molar-refractivity contribution in [3.63, 3.8) is 0 Å². The zero-order chi connectivity index (χ0) is 67.2. The lowest BCUT2D eigenvalue weighted by atomic mass is 9.91. The van der Waals surface area contributed by atoms with Gasteiger partial charge >= 0.3 is 11.9 Å². The van der Waals surface area contributed by atoms with Crippen LogP contribution in [-0.4, -0.2) is 113 Å². The van der Waals surface area contributed by atoms with Gasteiger partial charge in [-0.15, -0.1) is 0 Å². The molecule has 0 bridgehead atoms. The van der Waals surface area contributed by atoms with Gasteiger partial charge in [0, 0.05) is 37.0 Å². The van der Waals surface area contributed by atoms with E-state index < -0.39 is 59.6 Å². The molecule has 27 heteroatoms. The van der Waals surface area contributed by atoms with Gasteiger partial charge in [0.15, 0.2) is 0 Å². The van der Waals surface area contributed by atoms with Crippen LogP contribution in [0.2, 0.25) is 0 Å². The predicted molar refractivity (Wildman–Crippen MR) is 392 cm³/mol. The van der Waals surface area contributed by atoms with Crippen molar-refractivity contribution in [2.24, 2.45) is 81.7 Å². The summed E-state index contributed by atoms with van der Waals surface area (Å²) in [7, 11) is 0. The normalized spacial score (nSPS) is 13.4. The van der Waals surface area contributed by atoms with E-state index in [2.05, 4.69) is 29.8 Å². The molecule has 1 aliphatic rings. The van der Waals surface area contributed by atoms with E-state index >= 15 is 0 Å². The zero-order valence-corrected chi connectivity index (χ0v) is 63.1. The van der Waals surface area contributed by atoms with Gasteiger partial charge in [0.25, 0.3) is 0 Å². The Kier molecular flexibility index (Phi) is 89.7. The lowest BCUT2D eigenvalue weighted by molar-refractivity contribution is -0.144. The van der Waals surface area contributed by atoms with Crippen molar-refractivity contribution in [1.29, 1.82) is 0 Å². The molecular weight excluding hydrogens is 1250 g/mol. The maximum atomic E-state index is 12.2. The van der Waals surface area contributed by atoms with Gasteiger partial charge in [-0.1, -0.05) is 141 Å². The van der Waals surface area contributed by atoms with Crippen molar-refractivity contribution in [2.45, 2.75) is 270 Å². The fourth-order valence-electron chi connectivity index (χ4n) is 8.12. The van der Waals surface area contributed by atoms with Crippen LogP contribution in [0, 0.1) is 47.3 Å². The van der Waals surface area contributed by atoms with Crippen LogP contribution in [0.4, 0.5) is 0 Å². The summed E-state index contributed by atoms with van der Waals surface area (Å²) in [6.45, 7) is 31.0.